The minimum Gasteiger partial charge on any atom is -0.389 e. The summed E-state index contributed by atoms with van der Waals surface area (Å²) in [5, 5.41) is 14.6. The van der Waals surface area contributed by atoms with Crippen molar-refractivity contribution in [3.8, 4) is 0 Å². The zero-order chi connectivity index (χ0) is 15.6. The van der Waals surface area contributed by atoms with Gasteiger partial charge in [0.2, 0.25) is 0 Å². The number of hydrogen-bond acceptors (Lipinski definition) is 2. The van der Waals surface area contributed by atoms with E-state index in [-0.39, 0.29) is 5.82 Å². The van der Waals surface area contributed by atoms with Gasteiger partial charge in [0, 0.05) is 21.3 Å². The van der Waals surface area contributed by atoms with Gasteiger partial charge >= 0.3 is 0 Å². The Balaban J connectivity index is 2.46. The van der Waals surface area contributed by atoms with Gasteiger partial charge in [-0.15, -0.1) is 0 Å². The highest BCUT2D eigenvalue weighted by Gasteiger charge is 2.19. The summed E-state index contributed by atoms with van der Waals surface area (Å²) in [4.78, 5) is 0. The molecule has 1 aromatic heterocycles. The van der Waals surface area contributed by atoms with Crippen LogP contribution in [0.3, 0.4) is 0 Å². The van der Waals surface area contributed by atoms with Crippen LogP contribution in [-0.2, 0) is 19.4 Å². The topological polar surface area (TPSA) is 38.0 Å². The standard InChI is InChI=1S/C16H20BrFN2O/c1-4-14-16(10(3)21)15(5-2)20(19-14)9-11-8-12(17)6-7-13(11)18/h6-8,10,21H,4-5,9H2,1-3H3. The van der Waals surface area contributed by atoms with Crippen molar-refractivity contribution in [3.63, 3.8) is 0 Å². The highest BCUT2D eigenvalue weighted by Crippen LogP contribution is 2.25. The van der Waals surface area contributed by atoms with Gasteiger partial charge in [-0.3, -0.25) is 4.68 Å². The van der Waals surface area contributed by atoms with E-state index in [0.717, 1.165) is 34.3 Å². The molecule has 0 radical (unpaired) electrons. The molecule has 0 fully saturated rings. The second kappa shape index (κ2) is 6.71. The Morgan fingerprint density at radius 3 is 2.62 bits per heavy atom. The van der Waals surface area contributed by atoms with Crippen LogP contribution in [0.15, 0.2) is 22.7 Å². The molecule has 1 heterocycles. The third-order valence-electron chi connectivity index (χ3n) is 3.59. The zero-order valence-corrected chi connectivity index (χ0v) is 14.1. The van der Waals surface area contributed by atoms with Gasteiger partial charge in [-0.1, -0.05) is 29.8 Å². The van der Waals surface area contributed by atoms with Crippen molar-refractivity contribution >= 4 is 15.9 Å². The number of rotatable bonds is 5. The Hall–Kier alpha value is -1.20. The van der Waals surface area contributed by atoms with E-state index in [0.29, 0.717) is 12.1 Å². The SMILES string of the molecule is CCc1nn(Cc2cc(Br)ccc2F)c(CC)c1C(C)O. The quantitative estimate of drug-likeness (QED) is 0.880. The lowest BCUT2D eigenvalue weighted by Crippen LogP contribution is -2.08. The van der Waals surface area contributed by atoms with E-state index in [2.05, 4.69) is 21.0 Å². The minimum atomic E-state index is -0.559. The molecule has 1 unspecified atom stereocenters. The Labute approximate surface area is 132 Å². The molecule has 1 aromatic carbocycles. The molecule has 0 amide bonds. The molecule has 2 rings (SSSR count). The lowest BCUT2D eigenvalue weighted by atomic mass is 10.0. The van der Waals surface area contributed by atoms with Crippen molar-refractivity contribution < 1.29 is 9.50 Å². The first-order valence-electron chi connectivity index (χ1n) is 7.18. The molecule has 0 bridgehead atoms. The summed E-state index contributed by atoms with van der Waals surface area (Å²) in [6, 6.07) is 4.90. The number of benzene rings is 1. The Morgan fingerprint density at radius 1 is 1.33 bits per heavy atom. The van der Waals surface area contributed by atoms with Gasteiger partial charge in [-0.25, -0.2) is 4.39 Å². The monoisotopic (exact) mass is 354 g/mol. The molecule has 3 nitrogen and oxygen atoms in total. The summed E-state index contributed by atoms with van der Waals surface area (Å²) in [5.74, 6) is -0.243. The van der Waals surface area contributed by atoms with Crippen molar-refractivity contribution in [2.45, 2.75) is 46.3 Å². The number of aliphatic hydroxyl groups excluding tert-OH is 1. The predicted molar refractivity (Wildman–Crippen MR) is 84.8 cm³/mol. The summed E-state index contributed by atoms with van der Waals surface area (Å²) in [6.07, 6.45) is 0.945. The van der Waals surface area contributed by atoms with Gasteiger partial charge in [0.25, 0.3) is 0 Å². The van der Waals surface area contributed by atoms with Crippen molar-refractivity contribution in [1.82, 2.24) is 9.78 Å². The maximum atomic E-state index is 13.9. The van der Waals surface area contributed by atoms with Gasteiger partial charge in [0.1, 0.15) is 5.82 Å². The lowest BCUT2D eigenvalue weighted by Gasteiger charge is -2.10. The fourth-order valence-corrected chi connectivity index (χ4v) is 3.05. The molecule has 0 aliphatic carbocycles. The minimum absolute atomic E-state index is 0.243. The summed E-state index contributed by atoms with van der Waals surface area (Å²) >= 11 is 3.37. The largest absolute Gasteiger partial charge is 0.389 e. The van der Waals surface area contributed by atoms with E-state index in [9.17, 15) is 9.50 Å². The molecule has 0 saturated carbocycles. The molecule has 1 N–H and O–H groups in total. The van der Waals surface area contributed by atoms with Crippen LogP contribution < -0.4 is 0 Å². The maximum absolute atomic E-state index is 13.9. The normalized spacial score (nSPS) is 12.7. The molecular weight excluding hydrogens is 335 g/mol. The number of aliphatic hydroxyl groups is 1. The molecule has 1 atom stereocenters. The first-order valence-corrected chi connectivity index (χ1v) is 7.97. The number of aromatic nitrogens is 2. The van der Waals surface area contributed by atoms with E-state index >= 15 is 0 Å². The highest BCUT2D eigenvalue weighted by molar-refractivity contribution is 9.10. The van der Waals surface area contributed by atoms with Crippen molar-refractivity contribution in [2.75, 3.05) is 0 Å². The van der Waals surface area contributed by atoms with Crippen LogP contribution in [0.1, 0.15) is 49.4 Å². The lowest BCUT2D eigenvalue weighted by molar-refractivity contribution is 0.197. The summed E-state index contributed by atoms with van der Waals surface area (Å²) in [6.45, 7) is 6.15. The van der Waals surface area contributed by atoms with Crippen LogP contribution in [-0.4, -0.2) is 14.9 Å². The number of halogens is 2. The summed E-state index contributed by atoms with van der Waals surface area (Å²) < 4.78 is 16.6. The van der Waals surface area contributed by atoms with Gasteiger partial charge in [-0.05, 0) is 38.0 Å². The average molecular weight is 355 g/mol. The third kappa shape index (κ3) is 3.35. The van der Waals surface area contributed by atoms with E-state index in [1.807, 2.05) is 18.5 Å². The molecular formula is C16H20BrFN2O. The van der Waals surface area contributed by atoms with Gasteiger partial charge in [-0.2, -0.15) is 5.10 Å². The van der Waals surface area contributed by atoms with Gasteiger partial charge in [0.15, 0.2) is 0 Å². The number of hydrogen-bond donors (Lipinski definition) is 1. The molecule has 0 spiro atoms. The van der Waals surface area contributed by atoms with E-state index in [1.54, 1.807) is 19.1 Å². The van der Waals surface area contributed by atoms with E-state index < -0.39 is 6.10 Å². The van der Waals surface area contributed by atoms with Crippen molar-refractivity contribution in [1.29, 1.82) is 0 Å². The molecule has 0 aliphatic rings. The van der Waals surface area contributed by atoms with Crippen molar-refractivity contribution in [3.05, 3.63) is 51.0 Å². The average Bonchev–Trinajstić information content (AvgIpc) is 2.80. The van der Waals surface area contributed by atoms with Crippen LogP contribution in [0.2, 0.25) is 0 Å². The number of nitrogens with zero attached hydrogens (tertiary/aromatic N) is 2. The molecule has 0 aliphatic heterocycles. The van der Waals surface area contributed by atoms with Crippen LogP contribution in [0, 0.1) is 5.82 Å². The predicted octanol–water partition coefficient (Wildman–Crippen LogP) is 4.01. The van der Waals surface area contributed by atoms with Gasteiger partial charge in [0.05, 0.1) is 18.3 Å². The summed E-state index contributed by atoms with van der Waals surface area (Å²) in [5.41, 5.74) is 3.33. The Kier molecular flexibility index (Phi) is 5.17. The first-order chi connectivity index (χ1) is 9.97. The van der Waals surface area contributed by atoms with Crippen LogP contribution in [0.5, 0.6) is 0 Å². The smallest absolute Gasteiger partial charge is 0.128 e. The van der Waals surface area contributed by atoms with Crippen LogP contribution in [0.25, 0.3) is 0 Å². The van der Waals surface area contributed by atoms with Gasteiger partial charge < -0.3 is 5.11 Å². The van der Waals surface area contributed by atoms with E-state index in [1.165, 1.54) is 6.07 Å². The second-order valence-electron chi connectivity index (χ2n) is 5.08. The summed E-state index contributed by atoms with van der Waals surface area (Å²) in [7, 11) is 0. The van der Waals surface area contributed by atoms with Crippen molar-refractivity contribution in [2.24, 2.45) is 0 Å². The van der Waals surface area contributed by atoms with Crippen LogP contribution >= 0.6 is 15.9 Å². The fourth-order valence-electron chi connectivity index (χ4n) is 2.64. The molecule has 114 valence electrons. The third-order valence-corrected chi connectivity index (χ3v) is 4.08. The fraction of sp³-hybridized carbons (Fsp3) is 0.438. The molecule has 2 aromatic rings. The zero-order valence-electron chi connectivity index (χ0n) is 12.5. The second-order valence-corrected chi connectivity index (χ2v) is 6.00. The maximum Gasteiger partial charge on any atom is 0.128 e. The molecule has 21 heavy (non-hydrogen) atoms. The van der Waals surface area contributed by atoms with Crippen LogP contribution in [0.4, 0.5) is 4.39 Å². The first kappa shape index (κ1) is 16.2. The molecule has 5 heteroatoms. The highest BCUT2D eigenvalue weighted by atomic mass is 79.9. The Bertz CT molecular complexity index is 637. The molecule has 0 saturated heterocycles. The number of aryl methyl sites for hydroxylation is 1. The van der Waals surface area contributed by atoms with E-state index in [4.69, 9.17) is 0 Å². The Morgan fingerprint density at radius 2 is 2.05 bits per heavy atom.